The Morgan fingerprint density at radius 1 is 1.41 bits per heavy atom. The molecule has 0 radical (unpaired) electrons. The zero-order valence-corrected chi connectivity index (χ0v) is 10.3. The quantitative estimate of drug-likeness (QED) is 0.911. The third-order valence-electron chi connectivity index (χ3n) is 2.17. The Morgan fingerprint density at radius 2 is 2.24 bits per heavy atom. The maximum atomic E-state index is 12.9. The van der Waals surface area contributed by atoms with Crippen molar-refractivity contribution in [2.75, 3.05) is 5.32 Å². The van der Waals surface area contributed by atoms with E-state index in [0.717, 1.165) is 10.6 Å². The molecule has 5 heteroatoms. The number of benzene rings is 1. The molecule has 0 bridgehead atoms. The number of nitrogens with zero attached hydrogens (tertiary/aromatic N) is 1. The number of hydrogen-bond acceptors (Lipinski definition) is 3. The summed E-state index contributed by atoms with van der Waals surface area (Å²) in [5.74, 6) is -0.430. The summed E-state index contributed by atoms with van der Waals surface area (Å²) < 4.78 is 12.9. The van der Waals surface area contributed by atoms with Crippen LogP contribution in [0, 0.1) is 17.1 Å². The van der Waals surface area contributed by atoms with Gasteiger partial charge in [-0.05, 0) is 24.3 Å². The summed E-state index contributed by atoms with van der Waals surface area (Å²) >= 11 is 7.18. The van der Waals surface area contributed by atoms with Crippen molar-refractivity contribution in [3.05, 3.63) is 50.9 Å². The van der Waals surface area contributed by atoms with Crippen LogP contribution in [0.15, 0.2) is 29.6 Å². The van der Waals surface area contributed by atoms with E-state index in [1.165, 1.54) is 23.5 Å². The lowest BCUT2D eigenvalue weighted by atomic mass is 10.3. The fourth-order valence-electron chi connectivity index (χ4n) is 1.33. The van der Waals surface area contributed by atoms with Crippen molar-refractivity contribution in [1.29, 1.82) is 5.26 Å². The van der Waals surface area contributed by atoms with Crippen LogP contribution in [0.2, 0.25) is 5.02 Å². The summed E-state index contributed by atoms with van der Waals surface area (Å²) in [6.45, 7) is 0.592. The minimum Gasteiger partial charge on any atom is -0.380 e. The lowest BCUT2D eigenvalue weighted by Crippen LogP contribution is -1.97. The van der Waals surface area contributed by atoms with Gasteiger partial charge in [0.05, 0.1) is 10.6 Å². The van der Waals surface area contributed by atoms with E-state index in [2.05, 4.69) is 11.4 Å². The molecule has 1 aromatic heterocycles. The van der Waals surface area contributed by atoms with Crippen molar-refractivity contribution in [3.63, 3.8) is 0 Å². The molecule has 1 aromatic carbocycles. The van der Waals surface area contributed by atoms with Crippen molar-refractivity contribution < 1.29 is 4.39 Å². The molecular formula is C12H8ClFN2S. The van der Waals surface area contributed by atoms with E-state index in [1.807, 2.05) is 6.07 Å². The monoisotopic (exact) mass is 266 g/mol. The van der Waals surface area contributed by atoms with Gasteiger partial charge in [-0.15, -0.1) is 11.3 Å². The number of nitriles is 1. The highest BCUT2D eigenvalue weighted by Gasteiger charge is 2.02. The normalized spacial score (nSPS) is 9.94. The van der Waals surface area contributed by atoms with E-state index in [1.54, 1.807) is 11.4 Å². The van der Waals surface area contributed by atoms with Crippen molar-refractivity contribution in [2.24, 2.45) is 0 Å². The van der Waals surface area contributed by atoms with E-state index in [9.17, 15) is 4.39 Å². The first-order valence-corrected chi connectivity index (χ1v) is 6.11. The van der Waals surface area contributed by atoms with Crippen molar-refractivity contribution in [3.8, 4) is 6.07 Å². The van der Waals surface area contributed by atoms with Crippen LogP contribution in [-0.2, 0) is 6.54 Å². The Morgan fingerprint density at radius 3 is 2.88 bits per heavy atom. The highest BCUT2D eigenvalue weighted by atomic mass is 35.5. The molecule has 2 rings (SSSR count). The molecule has 0 amide bonds. The molecule has 0 aliphatic carbocycles. The number of hydrogen-bond donors (Lipinski definition) is 1. The molecule has 1 N–H and O–H groups in total. The molecule has 0 unspecified atom stereocenters. The summed E-state index contributed by atoms with van der Waals surface area (Å²) in [5.41, 5.74) is 1.41. The van der Waals surface area contributed by atoms with Gasteiger partial charge in [0.2, 0.25) is 0 Å². The highest BCUT2D eigenvalue weighted by molar-refractivity contribution is 7.10. The second-order valence-corrected chi connectivity index (χ2v) is 4.80. The minimum atomic E-state index is -0.430. The summed E-state index contributed by atoms with van der Waals surface area (Å²) in [6, 6.07) is 8.38. The molecule has 2 nitrogen and oxygen atoms in total. The standard InChI is InChI=1S/C12H8ClFN2S/c13-11-4-9(1-2-12(11)14)16-6-10-3-8(5-15)7-17-10/h1-4,7,16H,6H2. The molecule has 17 heavy (non-hydrogen) atoms. The maximum absolute atomic E-state index is 12.9. The second kappa shape index (κ2) is 5.17. The molecular weight excluding hydrogens is 259 g/mol. The molecule has 0 saturated carbocycles. The van der Waals surface area contributed by atoms with Gasteiger partial charge in [0.15, 0.2) is 0 Å². The lowest BCUT2D eigenvalue weighted by Gasteiger charge is -2.05. The lowest BCUT2D eigenvalue weighted by molar-refractivity contribution is 0.628. The predicted octanol–water partition coefficient (Wildman–Crippen LogP) is 4.02. The van der Waals surface area contributed by atoms with Gasteiger partial charge in [-0.2, -0.15) is 5.26 Å². The third-order valence-corrected chi connectivity index (χ3v) is 3.40. The second-order valence-electron chi connectivity index (χ2n) is 3.40. The van der Waals surface area contributed by atoms with Gasteiger partial charge in [-0.25, -0.2) is 4.39 Å². The molecule has 0 saturated heterocycles. The van der Waals surface area contributed by atoms with Gasteiger partial charge in [-0.3, -0.25) is 0 Å². The Balaban J connectivity index is 2.02. The van der Waals surface area contributed by atoms with Crippen LogP contribution in [-0.4, -0.2) is 0 Å². The summed E-state index contributed by atoms with van der Waals surface area (Å²) in [4.78, 5) is 1.04. The van der Waals surface area contributed by atoms with E-state index in [-0.39, 0.29) is 5.02 Å². The van der Waals surface area contributed by atoms with Crippen LogP contribution in [0.25, 0.3) is 0 Å². The average Bonchev–Trinajstić information content (AvgIpc) is 2.79. The summed E-state index contributed by atoms with van der Waals surface area (Å²) in [5, 5.41) is 13.7. The number of halogens is 2. The van der Waals surface area contributed by atoms with Crippen molar-refractivity contribution in [2.45, 2.75) is 6.54 Å². The molecule has 0 aliphatic rings. The van der Waals surface area contributed by atoms with E-state index in [0.29, 0.717) is 12.1 Å². The maximum Gasteiger partial charge on any atom is 0.141 e. The van der Waals surface area contributed by atoms with Crippen molar-refractivity contribution in [1.82, 2.24) is 0 Å². The van der Waals surface area contributed by atoms with Crippen LogP contribution in [0.5, 0.6) is 0 Å². The Labute approximate surface area is 107 Å². The molecule has 0 fully saturated rings. The average molecular weight is 267 g/mol. The Hall–Kier alpha value is -1.57. The van der Waals surface area contributed by atoms with Gasteiger partial charge in [0.1, 0.15) is 11.9 Å². The summed E-state index contributed by atoms with van der Waals surface area (Å²) in [6.07, 6.45) is 0. The number of anilines is 1. The Kier molecular flexibility index (Phi) is 3.62. The summed E-state index contributed by atoms with van der Waals surface area (Å²) in [7, 11) is 0. The van der Waals surface area contributed by atoms with Gasteiger partial charge in [0, 0.05) is 22.5 Å². The molecule has 2 aromatic rings. The number of nitrogens with one attached hydrogen (secondary N) is 1. The molecule has 0 aliphatic heterocycles. The largest absolute Gasteiger partial charge is 0.380 e. The predicted molar refractivity (Wildman–Crippen MR) is 67.8 cm³/mol. The fraction of sp³-hybridized carbons (Fsp3) is 0.0833. The van der Waals surface area contributed by atoms with Gasteiger partial charge < -0.3 is 5.32 Å². The van der Waals surface area contributed by atoms with Crippen LogP contribution >= 0.6 is 22.9 Å². The molecule has 0 atom stereocenters. The van der Waals surface area contributed by atoms with Crippen molar-refractivity contribution >= 4 is 28.6 Å². The fourth-order valence-corrected chi connectivity index (χ4v) is 2.26. The van der Waals surface area contributed by atoms with E-state index in [4.69, 9.17) is 16.9 Å². The topological polar surface area (TPSA) is 35.8 Å². The highest BCUT2D eigenvalue weighted by Crippen LogP contribution is 2.21. The zero-order chi connectivity index (χ0) is 12.3. The van der Waals surface area contributed by atoms with Gasteiger partial charge >= 0.3 is 0 Å². The first-order valence-electron chi connectivity index (χ1n) is 4.85. The Bertz CT molecular complexity index is 574. The van der Waals surface area contributed by atoms with E-state index >= 15 is 0 Å². The SMILES string of the molecule is N#Cc1csc(CNc2ccc(F)c(Cl)c2)c1. The molecule has 86 valence electrons. The smallest absolute Gasteiger partial charge is 0.141 e. The first kappa shape index (κ1) is 11.9. The zero-order valence-electron chi connectivity index (χ0n) is 8.71. The number of rotatable bonds is 3. The number of thiophene rings is 1. The third kappa shape index (κ3) is 2.96. The molecule has 1 heterocycles. The van der Waals surface area contributed by atoms with Gasteiger partial charge in [0.25, 0.3) is 0 Å². The van der Waals surface area contributed by atoms with Crippen LogP contribution < -0.4 is 5.32 Å². The van der Waals surface area contributed by atoms with Gasteiger partial charge in [-0.1, -0.05) is 11.6 Å². The minimum absolute atomic E-state index is 0.0962. The molecule has 0 spiro atoms. The van der Waals surface area contributed by atoms with Crippen LogP contribution in [0.1, 0.15) is 10.4 Å². The van der Waals surface area contributed by atoms with E-state index < -0.39 is 5.82 Å². The van der Waals surface area contributed by atoms with Crippen LogP contribution in [0.3, 0.4) is 0 Å². The first-order chi connectivity index (χ1) is 8.19. The van der Waals surface area contributed by atoms with Crippen LogP contribution in [0.4, 0.5) is 10.1 Å².